The second kappa shape index (κ2) is 8.05. The number of rotatable bonds is 7. The minimum Gasteiger partial charge on any atom is -0.342 e. The van der Waals surface area contributed by atoms with Gasteiger partial charge in [0, 0.05) is 19.1 Å². The van der Waals surface area contributed by atoms with Crippen LogP contribution in [0.4, 0.5) is 0 Å². The molecule has 0 spiro atoms. The van der Waals surface area contributed by atoms with Crippen molar-refractivity contribution in [1.82, 2.24) is 9.80 Å². The minimum absolute atomic E-state index is 0.0754. The molecule has 3 heteroatoms. The third kappa shape index (κ3) is 4.34. The molecule has 0 fully saturated rings. The van der Waals surface area contributed by atoms with Crippen molar-refractivity contribution in [3.63, 3.8) is 0 Å². The molecule has 0 aliphatic carbocycles. The summed E-state index contributed by atoms with van der Waals surface area (Å²) in [4.78, 5) is 16.5. The van der Waals surface area contributed by atoms with Crippen molar-refractivity contribution >= 4 is 5.91 Å². The van der Waals surface area contributed by atoms with Crippen LogP contribution in [-0.4, -0.2) is 47.9 Å². The lowest BCUT2D eigenvalue weighted by Gasteiger charge is -2.33. The van der Waals surface area contributed by atoms with Gasteiger partial charge in [-0.2, -0.15) is 0 Å². The Morgan fingerprint density at radius 1 is 1.10 bits per heavy atom. The maximum atomic E-state index is 12.4. The van der Waals surface area contributed by atoms with Crippen LogP contribution in [0.25, 0.3) is 0 Å². The van der Waals surface area contributed by atoms with Gasteiger partial charge in [-0.15, -0.1) is 0 Å². The smallest absolute Gasteiger partial charge is 0.239 e. The Labute approximate surface area is 123 Å². The molecule has 0 bridgehead atoms. The van der Waals surface area contributed by atoms with E-state index >= 15 is 0 Å². The van der Waals surface area contributed by atoms with Gasteiger partial charge in [0.1, 0.15) is 0 Å². The zero-order valence-corrected chi connectivity index (χ0v) is 13.5. The fourth-order valence-corrected chi connectivity index (χ4v) is 2.45. The van der Waals surface area contributed by atoms with Gasteiger partial charge in [0.25, 0.3) is 0 Å². The van der Waals surface area contributed by atoms with Crippen molar-refractivity contribution < 1.29 is 4.79 Å². The average molecular weight is 276 g/mol. The van der Waals surface area contributed by atoms with Crippen LogP contribution in [0.3, 0.4) is 0 Å². The molecule has 1 rings (SSSR count). The number of amides is 1. The normalized spacial score (nSPS) is 14.1. The molecule has 0 N–H and O–H groups in total. The summed E-state index contributed by atoms with van der Waals surface area (Å²) >= 11 is 0. The fraction of sp³-hybridized carbons (Fsp3) is 0.588. The van der Waals surface area contributed by atoms with E-state index in [1.807, 2.05) is 38.8 Å². The van der Waals surface area contributed by atoms with E-state index in [0.29, 0.717) is 6.04 Å². The predicted molar refractivity (Wildman–Crippen MR) is 84.8 cm³/mol. The highest BCUT2D eigenvalue weighted by molar-refractivity contribution is 5.81. The van der Waals surface area contributed by atoms with E-state index in [4.69, 9.17) is 0 Å². The zero-order chi connectivity index (χ0) is 15.1. The molecular formula is C17H28N2O. The molecule has 0 unspecified atom stereocenters. The van der Waals surface area contributed by atoms with E-state index in [0.717, 1.165) is 19.5 Å². The Morgan fingerprint density at radius 2 is 1.65 bits per heavy atom. The summed E-state index contributed by atoms with van der Waals surface area (Å²) in [5, 5.41) is 0. The second-order valence-corrected chi connectivity index (χ2v) is 5.39. The molecule has 0 saturated heterocycles. The van der Waals surface area contributed by atoms with Gasteiger partial charge in [0.05, 0.1) is 6.04 Å². The molecule has 0 radical (unpaired) electrons. The maximum Gasteiger partial charge on any atom is 0.239 e. The van der Waals surface area contributed by atoms with Crippen LogP contribution in [0.2, 0.25) is 0 Å². The summed E-state index contributed by atoms with van der Waals surface area (Å²) < 4.78 is 0. The van der Waals surface area contributed by atoms with Crippen LogP contribution in [0.5, 0.6) is 0 Å². The lowest BCUT2D eigenvalue weighted by atomic mass is 10.0. The Hall–Kier alpha value is -1.35. The van der Waals surface area contributed by atoms with E-state index in [-0.39, 0.29) is 11.9 Å². The van der Waals surface area contributed by atoms with Crippen LogP contribution >= 0.6 is 0 Å². The Bertz CT molecular complexity index is 401. The predicted octanol–water partition coefficient (Wildman–Crippen LogP) is 2.81. The van der Waals surface area contributed by atoms with Gasteiger partial charge in [-0.1, -0.05) is 30.3 Å². The topological polar surface area (TPSA) is 23.6 Å². The maximum absolute atomic E-state index is 12.4. The third-order valence-corrected chi connectivity index (χ3v) is 4.11. The largest absolute Gasteiger partial charge is 0.342 e. The van der Waals surface area contributed by atoms with Crippen LogP contribution in [0, 0.1) is 0 Å². The molecule has 1 aromatic rings. The number of hydrogen-bond acceptors (Lipinski definition) is 2. The number of likely N-dealkylation sites (N-methyl/N-ethyl adjacent to an activating group) is 2. The molecule has 20 heavy (non-hydrogen) atoms. The molecule has 0 heterocycles. The van der Waals surface area contributed by atoms with Gasteiger partial charge in [-0.05, 0) is 46.7 Å². The SMILES string of the molecule is CCN(CC)C(=O)[C@H](C)N(C)[C@@H](C)Cc1ccccc1. The molecule has 112 valence electrons. The first kappa shape index (κ1) is 16.7. The number of benzene rings is 1. The van der Waals surface area contributed by atoms with E-state index < -0.39 is 0 Å². The number of hydrogen-bond donors (Lipinski definition) is 0. The molecule has 2 atom stereocenters. The van der Waals surface area contributed by atoms with Crippen LogP contribution in [-0.2, 0) is 11.2 Å². The monoisotopic (exact) mass is 276 g/mol. The van der Waals surface area contributed by atoms with Crippen molar-refractivity contribution in [2.75, 3.05) is 20.1 Å². The number of carbonyl (C=O) groups is 1. The summed E-state index contributed by atoms with van der Waals surface area (Å²) in [7, 11) is 2.04. The average Bonchev–Trinajstić information content (AvgIpc) is 2.47. The number of nitrogens with zero attached hydrogens (tertiary/aromatic N) is 2. The number of carbonyl (C=O) groups excluding carboxylic acids is 1. The second-order valence-electron chi connectivity index (χ2n) is 5.39. The standard InChI is InChI=1S/C17H28N2O/c1-6-19(7-2)17(20)15(4)18(5)14(3)13-16-11-9-8-10-12-16/h8-12,14-15H,6-7,13H2,1-5H3/t14-,15-/m0/s1. The van der Waals surface area contributed by atoms with E-state index in [1.165, 1.54) is 5.56 Å². The van der Waals surface area contributed by atoms with Crippen molar-refractivity contribution in [2.45, 2.75) is 46.2 Å². The van der Waals surface area contributed by atoms with Crippen molar-refractivity contribution in [1.29, 1.82) is 0 Å². The Morgan fingerprint density at radius 3 is 2.15 bits per heavy atom. The first-order chi connectivity index (χ1) is 9.51. The Balaban J connectivity index is 2.63. The highest BCUT2D eigenvalue weighted by Crippen LogP contribution is 2.11. The van der Waals surface area contributed by atoms with Gasteiger partial charge in [0.15, 0.2) is 0 Å². The summed E-state index contributed by atoms with van der Waals surface area (Å²) in [6.45, 7) is 9.80. The van der Waals surface area contributed by atoms with E-state index in [1.54, 1.807) is 0 Å². The molecule has 1 amide bonds. The lowest BCUT2D eigenvalue weighted by Crippen LogP contribution is -2.49. The highest BCUT2D eigenvalue weighted by atomic mass is 16.2. The molecule has 0 aromatic heterocycles. The van der Waals surface area contributed by atoms with Crippen molar-refractivity contribution in [3.05, 3.63) is 35.9 Å². The molecule has 0 aliphatic rings. The molecular weight excluding hydrogens is 248 g/mol. The van der Waals surface area contributed by atoms with Gasteiger partial charge in [-0.3, -0.25) is 9.69 Å². The van der Waals surface area contributed by atoms with Crippen LogP contribution in [0.15, 0.2) is 30.3 Å². The summed E-state index contributed by atoms with van der Waals surface area (Å²) in [6, 6.07) is 10.7. The van der Waals surface area contributed by atoms with Crippen LogP contribution in [0.1, 0.15) is 33.3 Å². The lowest BCUT2D eigenvalue weighted by molar-refractivity contribution is -0.136. The summed E-state index contributed by atoms with van der Waals surface area (Å²) in [5.41, 5.74) is 1.31. The van der Waals surface area contributed by atoms with Crippen LogP contribution < -0.4 is 0 Å². The Kier molecular flexibility index (Phi) is 6.73. The molecule has 1 aromatic carbocycles. The van der Waals surface area contributed by atoms with Gasteiger partial charge >= 0.3 is 0 Å². The third-order valence-electron chi connectivity index (χ3n) is 4.11. The quantitative estimate of drug-likeness (QED) is 0.764. The van der Waals surface area contributed by atoms with E-state index in [2.05, 4.69) is 36.1 Å². The summed E-state index contributed by atoms with van der Waals surface area (Å²) in [6.07, 6.45) is 0.965. The zero-order valence-electron chi connectivity index (χ0n) is 13.5. The molecule has 3 nitrogen and oxygen atoms in total. The first-order valence-electron chi connectivity index (χ1n) is 7.55. The minimum atomic E-state index is -0.0754. The van der Waals surface area contributed by atoms with E-state index in [9.17, 15) is 4.79 Å². The summed E-state index contributed by atoms with van der Waals surface area (Å²) in [5.74, 6) is 0.220. The van der Waals surface area contributed by atoms with Crippen molar-refractivity contribution in [2.24, 2.45) is 0 Å². The molecule has 0 aliphatic heterocycles. The first-order valence-corrected chi connectivity index (χ1v) is 7.55. The van der Waals surface area contributed by atoms with Gasteiger partial charge in [0.2, 0.25) is 5.91 Å². The molecule has 0 saturated carbocycles. The van der Waals surface area contributed by atoms with Crippen molar-refractivity contribution in [3.8, 4) is 0 Å². The van der Waals surface area contributed by atoms with Gasteiger partial charge in [-0.25, -0.2) is 0 Å². The highest BCUT2D eigenvalue weighted by Gasteiger charge is 2.25. The fourth-order valence-electron chi connectivity index (χ4n) is 2.45. The van der Waals surface area contributed by atoms with Gasteiger partial charge < -0.3 is 4.90 Å².